The number of hydrogen-bond acceptors (Lipinski definition) is 5. The summed E-state index contributed by atoms with van der Waals surface area (Å²) in [6.45, 7) is 2.09. The smallest absolute Gasteiger partial charge is 0.338 e. The molecule has 0 bridgehead atoms. The van der Waals surface area contributed by atoms with Gasteiger partial charge in [0.25, 0.3) is 10.0 Å². The lowest BCUT2D eigenvalue weighted by Gasteiger charge is -2.10. The Labute approximate surface area is 164 Å². The molecule has 3 rings (SSSR count). The molecule has 0 saturated heterocycles. The van der Waals surface area contributed by atoms with Gasteiger partial charge in [-0.2, -0.15) is 0 Å². The van der Waals surface area contributed by atoms with Gasteiger partial charge in [-0.15, -0.1) is 0 Å². The van der Waals surface area contributed by atoms with E-state index < -0.39 is 10.0 Å². The van der Waals surface area contributed by atoms with Gasteiger partial charge in [0.2, 0.25) is 0 Å². The van der Waals surface area contributed by atoms with Gasteiger partial charge in [0.15, 0.2) is 0 Å². The molecule has 2 N–H and O–H groups in total. The predicted molar refractivity (Wildman–Crippen MR) is 109 cm³/mol. The molecular weight excluding hydrogens is 376 g/mol. The average Bonchev–Trinajstić information content (AvgIpc) is 2.71. The number of nitrogens with one attached hydrogen (secondary N) is 2. The molecule has 0 aliphatic rings. The first-order valence-electron chi connectivity index (χ1n) is 8.70. The highest BCUT2D eigenvalue weighted by atomic mass is 32.2. The summed E-state index contributed by atoms with van der Waals surface area (Å²) in [5, 5.41) is 3.19. The second kappa shape index (κ2) is 8.58. The predicted octanol–water partition coefficient (Wildman–Crippen LogP) is 4.41. The van der Waals surface area contributed by atoms with E-state index in [-0.39, 0.29) is 10.9 Å². The van der Waals surface area contributed by atoms with Crippen LogP contribution in [-0.2, 0) is 14.8 Å². The molecule has 0 fully saturated rings. The molecule has 0 amide bonds. The molecule has 0 aliphatic carbocycles. The van der Waals surface area contributed by atoms with E-state index in [0.29, 0.717) is 17.9 Å². The van der Waals surface area contributed by atoms with Crippen LogP contribution in [0.25, 0.3) is 0 Å². The molecule has 144 valence electrons. The number of rotatable bonds is 7. The van der Waals surface area contributed by atoms with Crippen molar-refractivity contribution >= 4 is 33.1 Å². The normalized spacial score (nSPS) is 10.9. The number of ether oxygens (including phenoxy) is 1. The van der Waals surface area contributed by atoms with Crippen molar-refractivity contribution in [2.45, 2.75) is 11.8 Å². The van der Waals surface area contributed by atoms with Crippen LogP contribution in [0.3, 0.4) is 0 Å². The summed E-state index contributed by atoms with van der Waals surface area (Å²) in [6.07, 6.45) is 0. The van der Waals surface area contributed by atoms with Crippen LogP contribution in [0.15, 0.2) is 83.8 Å². The molecule has 0 heterocycles. The van der Waals surface area contributed by atoms with Crippen LogP contribution >= 0.6 is 0 Å². The van der Waals surface area contributed by atoms with Crippen molar-refractivity contribution in [2.24, 2.45) is 0 Å². The number of hydrogen-bond donors (Lipinski definition) is 2. The van der Waals surface area contributed by atoms with Gasteiger partial charge in [-0.05, 0) is 67.6 Å². The van der Waals surface area contributed by atoms with E-state index in [9.17, 15) is 13.2 Å². The molecule has 0 atom stereocenters. The van der Waals surface area contributed by atoms with Crippen molar-refractivity contribution in [3.05, 3.63) is 84.4 Å². The van der Waals surface area contributed by atoms with Crippen LogP contribution in [0.2, 0.25) is 0 Å². The monoisotopic (exact) mass is 396 g/mol. The summed E-state index contributed by atoms with van der Waals surface area (Å²) < 4.78 is 32.2. The highest BCUT2D eigenvalue weighted by Gasteiger charge is 2.13. The zero-order chi connectivity index (χ0) is 20.0. The minimum atomic E-state index is -3.62. The fourth-order valence-electron chi connectivity index (χ4n) is 2.51. The van der Waals surface area contributed by atoms with Gasteiger partial charge < -0.3 is 10.1 Å². The highest BCUT2D eigenvalue weighted by molar-refractivity contribution is 7.92. The van der Waals surface area contributed by atoms with E-state index in [2.05, 4.69) is 10.0 Å². The number of carbonyl (C=O) groups is 1. The van der Waals surface area contributed by atoms with Gasteiger partial charge in [0.05, 0.1) is 17.1 Å². The lowest BCUT2D eigenvalue weighted by Crippen LogP contribution is -2.12. The number of benzene rings is 3. The van der Waals surface area contributed by atoms with Crippen molar-refractivity contribution in [1.29, 1.82) is 0 Å². The Bertz CT molecular complexity index is 1030. The van der Waals surface area contributed by atoms with Gasteiger partial charge in [-0.25, -0.2) is 13.2 Å². The molecule has 0 aliphatic heterocycles. The minimum Gasteiger partial charge on any atom is -0.462 e. The summed E-state index contributed by atoms with van der Waals surface area (Å²) >= 11 is 0. The second-order valence-electron chi connectivity index (χ2n) is 5.92. The van der Waals surface area contributed by atoms with Gasteiger partial charge >= 0.3 is 5.97 Å². The lowest BCUT2D eigenvalue weighted by atomic mass is 10.2. The third-order valence-electron chi connectivity index (χ3n) is 3.88. The molecule has 28 heavy (non-hydrogen) atoms. The molecular formula is C21H20N2O4S. The first kappa shape index (κ1) is 19.4. The zero-order valence-corrected chi connectivity index (χ0v) is 16.1. The van der Waals surface area contributed by atoms with Gasteiger partial charge in [0, 0.05) is 17.1 Å². The molecule has 0 radical (unpaired) electrons. The first-order chi connectivity index (χ1) is 13.5. The third kappa shape index (κ3) is 4.89. The van der Waals surface area contributed by atoms with E-state index in [1.165, 1.54) is 12.1 Å². The molecule has 0 saturated carbocycles. The average molecular weight is 396 g/mol. The quantitative estimate of drug-likeness (QED) is 0.578. The van der Waals surface area contributed by atoms with Crippen LogP contribution in [0.1, 0.15) is 17.3 Å². The fraction of sp³-hybridized carbons (Fsp3) is 0.0952. The summed E-state index contributed by atoms with van der Waals surface area (Å²) in [5.41, 5.74) is 2.53. The Balaban J connectivity index is 1.65. The van der Waals surface area contributed by atoms with Crippen LogP contribution in [0, 0.1) is 0 Å². The minimum absolute atomic E-state index is 0.207. The maximum atomic E-state index is 12.3. The Morgan fingerprint density at radius 3 is 1.93 bits per heavy atom. The van der Waals surface area contributed by atoms with Crippen LogP contribution < -0.4 is 10.0 Å². The van der Waals surface area contributed by atoms with E-state index in [4.69, 9.17) is 4.74 Å². The lowest BCUT2D eigenvalue weighted by molar-refractivity contribution is 0.0526. The molecule has 7 heteroatoms. The standard InChI is InChI=1S/C21H20N2O4S/c1-2-27-21(24)16-8-10-17(11-9-16)22-18-12-14-19(15-13-18)23-28(25,26)20-6-4-3-5-7-20/h3-15,22-23H,2H2,1H3. The number of esters is 1. The first-order valence-corrected chi connectivity index (χ1v) is 10.2. The maximum absolute atomic E-state index is 12.3. The molecule has 0 unspecified atom stereocenters. The molecule has 0 aromatic heterocycles. The van der Waals surface area contributed by atoms with Crippen molar-refractivity contribution < 1.29 is 17.9 Å². The summed E-state index contributed by atoms with van der Waals surface area (Å²) in [7, 11) is -3.62. The van der Waals surface area contributed by atoms with Crippen molar-refractivity contribution in [1.82, 2.24) is 0 Å². The number of sulfonamides is 1. The van der Waals surface area contributed by atoms with E-state index >= 15 is 0 Å². The Hall–Kier alpha value is -3.32. The SMILES string of the molecule is CCOC(=O)c1ccc(Nc2ccc(NS(=O)(=O)c3ccccc3)cc2)cc1. The second-order valence-corrected chi connectivity index (χ2v) is 7.60. The summed E-state index contributed by atoms with van der Waals surface area (Å²) in [5.74, 6) is -0.357. The van der Waals surface area contributed by atoms with Gasteiger partial charge in [-0.1, -0.05) is 18.2 Å². The van der Waals surface area contributed by atoms with Gasteiger partial charge in [0.1, 0.15) is 0 Å². The van der Waals surface area contributed by atoms with Gasteiger partial charge in [-0.3, -0.25) is 4.72 Å². The van der Waals surface area contributed by atoms with E-state index in [1.807, 2.05) is 0 Å². The number of anilines is 3. The van der Waals surface area contributed by atoms with Crippen LogP contribution in [0.4, 0.5) is 17.1 Å². The summed E-state index contributed by atoms with van der Waals surface area (Å²) in [6, 6.07) is 22.0. The molecule has 3 aromatic rings. The van der Waals surface area contributed by atoms with Crippen LogP contribution in [-0.4, -0.2) is 21.0 Å². The Morgan fingerprint density at radius 1 is 0.821 bits per heavy atom. The Morgan fingerprint density at radius 2 is 1.36 bits per heavy atom. The topological polar surface area (TPSA) is 84.5 Å². The highest BCUT2D eigenvalue weighted by Crippen LogP contribution is 2.21. The largest absolute Gasteiger partial charge is 0.462 e. The maximum Gasteiger partial charge on any atom is 0.338 e. The number of carbonyl (C=O) groups excluding carboxylic acids is 1. The Kier molecular flexibility index (Phi) is 5.96. The fourth-order valence-corrected chi connectivity index (χ4v) is 3.59. The summed E-state index contributed by atoms with van der Waals surface area (Å²) in [4.78, 5) is 11.9. The van der Waals surface area contributed by atoms with Crippen molar-refractivity contribution in [3.63, 3.8) is 0 Å². The zero-order valence-electron chi connectivity index (χ0n) is 15.3. The van der Waals surface area contributed by atoms with E-state index in [0.717, 1.165) is 11.4 Å². The third-order valence-corrected chi connectivity index (χ3v) is 5.27. The molecule has 6 nitrogen and oxygen atoms in total. The molecule has 3 aromatic carbocycles. The van der Waals surface area contributed by atoms with Crippen LogP contribution in [0.5, 0.6) is 0 Å². The van der Waals surface area contributed by atoms with Crippen molar-refractivity contribution in [3.8, 4) is 0 Å². The van der Waals surface area contributed by atoms with E-state index in [1.54, 1.807) is 73.7 Å². The molecule has 0 spiro atoms. The van der Waals surface area contributed by atoms with Crippen molar-refractivity contribution in [2.75, 3.05) is 16.6 Å².